The molecule has 3 rings (SSSR count). The van der Waals surface area contributed by atoms with Gasteiger partial charge in [0.05, 0.1) is 17.8 Å². The first-order valence-corrected chi connectivity index (χ1v) is 9.83. The van der Waals surface area contributed by atoms with Gasteiger partial charge in [-0.1, -0.05) is 27.7 Å². The minimum Gasteiger partial charge on any atom is -0.355 e. The molecule has 2 amide bonds. The molecule has 8 nitrogen and oxygen atoms in total. The minimum atomic E-state index is -0.285. The molecule has 0 radical (unpaired) electrons. The largest absolute Gasteiger partial charge is 0.355 e. The lowest BCUT2D eigenvalue weighted by atomic mass is 9.93. The second-order valence-electron chi connectivity index (χ2n) is 8.41. The number of nitrogens with zero attached hydrogens (tertiary/aromatic N) is 4. The molecule has 8 heteroatoms. The van der Waals surface area contributed by atoms with Crippen LogP contribution in [0.15, 0.2) is 10.9 Å². The molecule has 28 heavy (non-hydrogen) atoms. The summed E-state index contributed by atoms with van der Waals surface area (Å²) < 4.78 is 2.99. The number of fused-ring (bicyclic) bond motifs is 2. The monoisotopic (exact) mass is 387 g/mol. The van der Waals surface area contributed by atoms with Gasteiger partial charge >= 0.3 is 0 Å². The summed E-state index contributed by atoms with van der Waals surface area (Å²) >= 11 is 0. The molecule has 3 heterocycles. The van der Waals surface area contributed by atoms with Crippen LogP contribution in [0, 0.1) is 0 Å². The summed E-state index contributed by atoms with van der Waals surface area (Å²) in [6.07, 6.45) is 0.787. The van der Waals surface area contributed by atoms with Crippen LogP contribution in [0.25, 0.3) is 5.65 Å². The van der Waals surface area contributed by atoms with Crippen molar-refractivity contribution in [2.75, 3.05) is 6.54 Å². The van der Waals surface area contributed by atoms with E-state index in [4.69, 9.17) is 0 Å². The Labute approximate surface area is 164 Å². The zero-order valence-electron chi connectivity index (χ0n) is 17.5. The molecule has 0 bridgehead atoms. The Morgan fingerprint density at radius 1 is 1.29 bits per heavy atom. The molecule has 0 aliphatic carbocycles. The van der Waals surface area contributed by atoms with Crippen LogP contribution in [-0.4, -0.2) is 43.5 Å². The van der Waals surface area contributed by atoms with Crippen molar-refractivity contribution in [2.45, 2.75) is 72.5 Å². The first kappa shape index (κ1) is 20.1. The average Bonchev–Trinajstić information content (AvgIpc) is 3.21. The zero-order valence-corrected chi connectivity index (χ0v) is 17.5. The van der Waals surface area contributed by atoms with Crippen LogP contribution >= 0.6 is 0 Å². The summed E-state index contributed by atoms with van der Waals surface area (Å²) in [6, 6.07) is 1.81. The van der Waals surface area contributed by atoms with Gasteiger partial charge in [0.15, 0.2) is 0 Å². The van der Waals surface area contributed by atoms with Crippen LogP contribution in [0.3, 0.4) is 0 Å². The van der Waals surface area contributed by atoms with Gasteiger partial charge in [0.1, 0.15) is 17.9 Å². The van der Waals surface area contributed by atoms with E-state index in [9.17, 15) is 14.4 Å². The predicted molar refractivity (Wildman–Crippen MR) is 106 cm³/mol. The van der Waals surface area contributed by atoms with Crippen molar-refractivity contribution in [3.63, 3.8) is 0 Å². The van der Waals surface area contributed by atoms with Crippen molar-refractivity contribution in [3.05, 3.63) is 33.4 Å². The van der Waals surface area contributed by atoms with Crippen molar-refractivity contribution in [1.29, 1.82) is 0 Å². The van der Waals surface area contributed by atoms with Crippen LogP contribution in [0.1, 0.15) is 69.7 Å². The molecule has 0 saturated carbocycles. The third kappa shape index (κ3) is 3.21. The molecule has 1 aliphatic rings. The number of amides is 2. The van der Waals surface area contributed by atoms with E-state index < -0.39 is 0 Å². The van der Waals surface area contributed by atoms with Gasteiger partial charge in [0, 0.05) is 24.1 Å². The minimum absolute atomic E-state index is 0.00896. The average molecular weight is 387 g/mol. The molecule has 0 spiro atoms. The van der Waals surface area contributed by atoms with Gasteiger partial charge < -0.3 is 14.8 Å². The molecule has 0 fully saturated rings. The van der Waals surface area contributed by atoms with Gasteiger partial charge in [0.2, 0.25) is 5.91 Å². The van der Waals surface area contributed by atoms with Gasteiger partial charge in [-0.25, -0.2) is 0 Å². The van der Waals surface area contributed by atoms with E-state index in [2.05, 4.69) is 10.4 Å². The number of carbonyl (C=O) groups is 2. The van der Waals surface area contributed by atoms with E-state index in [0.29, 0.717) is 23.4 Å². The van der Waals surface area contributed by atoms with Crippen molar-refractivity contribution >= 4 is 17.5 Å². The fraction of sp³-hybridized carbons (Fsp3) is 0.600. The maximum absolute atomic E-state index is 13.2. The predicted octanol–water partition coefficient (Wildman–Crippen LogP) is 1.68. The molecule has 1 N–H and O–H groups in total. The maximum atomic E-state index is 13.2. The van der Waals surface area contributed by atoms with Crippen molar-refractivity contribution in [3.8, 4) is 0 Å². The van der Waals surface area contributed by atoms with E-state index in [1.165, 1.54) is 4.52 Å². The Kier molecular flexibility index (Phi) is 5.08. The van der Waals surface area contributed by atoms with E-state index in [-0.39, 0.29) is 41.9 Å². The molecule has 152 valence electrons. The lowest BCUT2D eigenvalue weighted by Crippen LogP contribution is -2.34. The van der Waals surface area contributed by atoms with Crippen molar-refractivity contribution in [1.82, 2.24) is 24.4 Å². The van der Waals surface area contributed by atoms with Crippen LogP contribution in [0.2, 0.25) is 0 Å². The highest BCUT2D eigenvalue weighted by Gasteiger charge is 2.37. The Morgan fingerprint density at radius 2 is 1.96 bits per heavy atom. The number of aromatic nitrogens is 3. The van der Waals surface area contributed by atoms with Crippen LogP contribution in [0.5, 0.6) is 0 Å². The van der Waals surface area contributed by atoms with Gasteiger partial charge in [-0.2, -0.15) is 9.61 Å². The van der Waals surface area contributed by atoms with Gasteiger partial charge in [-0.05, 0) is 20.3 Å². The van der Waals surface area contributed by atoms with Crippen LogP contribution in [-0.2, 0) is 23.3 Å². The molecular weight excluding hydrogens is 358 g/mol. The topological polar surface area (TPSA) is 88.7 Å². The summed E-state index contributed by atoms with van der Waals surface area (Å²) in [5, 5.41) is 7.28. The Balaban J connectivity index is 2.27. The standard InChI is InChI=1S/C20H29N5O3/c1-7-12(3)23-10-13-17(19(23)28)24(11-15(26)21-8-2)16-9-14(20(4,5)6)22-25(16)18(13)27/h9,12H,7-8,10-11H2,1-6H3,(H,21,26). The highest BCUT2D eigenvalue weighted by atomic mass is 16.2. The molecule has 2 aromatic heterocycles. The fourth-order valence-electron chi connectivity index (χ4n) is 3.48. The summed E-state index contributed by atoms with van der Waals surface area (Å²) in [5.41, 5.74) is 1.38. The molecule has 1 atom stereocenters. The lowest BCUT2D eigenvalue weighted by molar-refractivity contribution is -0.121. The van der Waals surface area contributed by atoms with E-state index in [1.807, 2.05) is 41.5 Å². The SMILES string of the molecule is CCNC(=O)Cn1c2c(c(=O)n3nc(C(C)(C)C)cc13)CN(C(C)CC)C2=O. The third-order valence-corrected chi connectivity index (χ3v) is 5.33. The van der Waals surface area contributed by atoms with E-state index in [0.717, 1.165) is 12.1 Å². The first-order valence-electron chi connectivity index (χ1n) is 9.83. The molecule has 0 aromatic carbocycles. The highest BCUT2D eigenvalue weighted by molar-refractivity contribution is 5.98. The highest BCUT2D eigenvalue weighted by Crippen LogP contribution is 2.27. The number of likely N-dealkylation sites (N-methyl/N-ethyl adjacent to an activating group) is 1. The second-order valence-corrected chi connectivity index (χ2v) is 8.41. The molecule has 2 aromatic rings. The summed E-state index contributed by atoms with van der Waals surface area (Å²) in [6.45, 7) is 12.6. The number of hydrogen-bond donors (Lipinski definition) is 1. The number of rotatable bonds is 5. The fourth-order valence-corrected chi connectivity index (χ4v) is 3.48. The maximum Gasteiger partial charge on any atom is 0.280 e. The quantitative estimate of drug-likeness (QED) is 0.845. The zero-order chi connectivity index (χ0) is 20.8. The molecular formula is C20H29N5O3. The summed E-state index contributed by atoms with van der Waals surface area (Å²) in [7, 11) is 0. The molecule has 0 saturated heterocycles. The van der Waals surface area contributed by atoms with Gasteiger partial charge in [-0.15, -0.1) is 0 Å². The summed E-state index contributed by atoms with van der Waals surface area (Å²) in [4.78, 5) is 40.4. The van der Waals surface area contributed by atoms with Crippen LogP contribution < -0.4 is 10.9 Å². The Bertz CT molecular complexity index is 996. The Hall–Kier alpha value is -2.64. The molecule has 1 aliphatic heterocycles. The smallest absolute Gasteiger partial charge is 0.280 e. The number of hydrogen-bond acceptors (Lipinski definition) is 4. The first-order chi connectivity index (χ1) is 13.1. The lowest BCUT2D eigenvalue weighted by Gasteiger charge is -2.22. The van der Waals surface area contributed by atoms with E-state index >= 15 is 0 Å². The third-order valence-electron chi connectivity index (χ3n) is 5.33. The van der Waals surface area contributed by atoms with E-state index in [1.54, 1.807) is 15.5 Å². The summed E-state index contributed by atoms with van der Waals surface area (Å²) in [5.74, 6) is -0.407. The Morgan fingerprint density at radius 3 is 2.54 bits per heavy atom. The molecule has 1 unspecified atom stereocenters. The number of carbonyl (C=O) groups excluding carboxylic acids is 2. The van der Waals surface area contributed by atoms with Gasteiger partial charge in [0.25, 0.3) is 11.5 Å². The number of nitrogens with one attached hydrogen (secondary N) is 1. The van der Waals surface area contributed by atoms with Crippen LogP contribution in [0.4, 0.5) is 0 Å². The van der Waals surface area contributed by atoms with Gasteiger partial charge in [-0.3, -0.25) is 14.4 Å². The van der Waals surface area contributed by atoms with Crippen molar-refractivity contribution < 1.29 is 9.59 Å². The van der Waals surface area contributed by atoms with Crippen molar-refractivity contribution in [2.24, 2.45) is 0 Å². The second kappa shape index (κ2) is 7.07. The normalized spacial score (nSPS) is 15.2.